The fraction of sp³-hybridized carbons (Fsp3) is 0.600. The van der Waals surface area contributed by atoms with Crippen molar-refractivity contribution in [2.24, 2.45) is 0 Å². The molecule has 0 fully saturated rings. The predicted octanol–water partition coefficient (Wildman–Crippen LogP) is 2.15. The highest BCUT2D eigenvalue weighted by atomic mass is 32.2. The van der Waals surface area contributed by atoms with Crippen molar-refractivity contribution in [2.75, 3.05) is 12.8 Å². The molecule has 2 aromatic heterocycles. The molecule has 0 spiro atoms. The number of aromatic nitrogens is 3. The lowest BCUT2D eigenvalue weighted by atomic mass is 10.1. The van der Waals surface area contributed by atoms with Crippen molar-refractivity contribution in [3.63, 3.8) is 0 Å². The molecule has 116 valence electrons. The van der Waals surface area contributed by atoms with Gasteiger partial charge in [0.1, 0.15) is 0 Å². The second-order valence-electron chi connectivity index (χ2n) is 5.63. The van der Waals surface area contributed by atoms with Crippen LogP contribution < -0.4 is 5.32 Å². The molecule has 0 amide bonds. The summed E-state index contributed by atoms with van der Waals surface area (Å²) < 4.78 is 13.2. The number of rotatable bonds is 6. The van der Waals surface area contributed by atoms with Gasteiger partial charge in [-0.25, -0.2) is 9.50 Å². The normalized spacial score (nSPS) is 16.0. The molecule has 0 aliphatic carbocycles. The van der Waals surface area contributed by atoms with Crippen molar-refractivity contribution < 1.29 is 4.21 Å². The Morgan fingerprint density at radius 3 is 2.76 bits per heavy atom. The summed E-state index contributed by atoms with van der Waals surface area (Å²) in [6.07, 6.45) is 4.59. The number of hydrogen-bond acceptors (Lipinski definition) is 4. The summed E-state index contributed by atoms with van der Waals surface area (Å²) in [5.41, 5.74) is 4.12. The minimum atomic E-state index is -0.756. The monoisotopic (exact) mass is 308 g/mol. The number of hydrogen-bond donors (Lipinski definition) is 1. The highest BCUT2D eigenvalue weighted by Gasteiger charge is 2.13. The Labute approximate surface area is 128 Å². The van der Waals surface area contributed by atoms with Crippen LogP contribution in [0.2, 0.25) is 0 Å². The standard InChI is InChI=1S/C15H24N4OS/c1-10-8-15-17-9-14(13(4)19(15)18-10)12(3)16-7-6-11(2)21(5)20/h8-9,11-12,16H,6-7H2,1-5H3. The van der Waals surface area contributed by atoms with E-state index in [1.807, 2.05) is 30.6 Å². The van der Waals surface area contributed by atoms with Crippen LogP contribution in [0.5, 0.6) is 0 Å². The minimum Gasteiger partial charge on any atom is -0.310 e. The second-order valence-corrected chi connectivity index (χ2v) is 7.43. The second kappa shape index (κ2) is 6.66. The van der Waals surface area contributed by atoms with E-state index >= 15 is 0 Å². The molecule has 2 rings (SSSR count). The highest BCUT2D eigenvalue weighted by Crippen LogP contribution is 2.18. The third-order valence-corrected chi connectivity index (χ3v) is 5.29. The Morgan fingerprint density at radius 1 is 1.38 bits per heavy atom. The molecule has 21 heavy (non-hydrogen) atoms. The molecule has 0 radical (unpaired) electrons. The van der Waals surface area contributed by atoms with Gasteiger partial charge >= 0.3 is 0 Å². The SMILES string of the molecule is Cc1cc2ncc(C(C)NCCC(C)S(C)=O)c(C)n2n1. The zero-order valence-corrected chi connectivity index (χ0v) is 14.2. The molecule has 0 bridgehead atoms. The van der Waals surface area contributed by atoms with Crippen LogP contribution >= 0.6 is 0 Å². The molecule has 0 aliphatic rings. The van der Waals surface area contributed by atoms with Gasteiger partial charge in [-0.2, -0.15) is 5.10 Å². The molecule has 0 aliphatic heterocycles. The van der Waals surface area contributed by atoms with E-state index < -0.39 is 10.8 Å². The molecule has 3 atom stereocenters. The quantitative estimate of drug-likeness (QED) is 0.888. The van der Waals surface area contributed by atoms with Crippen molar-refractivity contribution in [3.8, 4) is 0 Å². The summed E-state index contributed by atoms with van der Waals surface area (Å²) in [5.74, 6) is 0. The van der Waals surface area contributed by atoms with E-state index in [-0.39, 0.29) is 11.3 Å². The van der Waals surface area contributed by atoms with Crippen molar-refractivity contribution in [1.82, 2.24) is 19.9 Å². The first-order valence-corrected chi connectivity index (χ1v) is 8.89. The first kappa shape index (κ1) is 16.1. The van der Waals surface area contributed by atoms with Crippen LogP contribution in [0.15, 0.2) is 12.3 Å². The Hall–Kier alpha value is -1.27. The molecular weight excluding hydrogens is 284 g/mol. The van der Waals surface area contributed by atoms with Crippen molar-refractivity contribution in [2.45, 2.75) is 45.4 Å². The summed E-state index contributed by atoms with van der Waals surface area (Å²) >= 11 is 0. The van der Waals surface area contributed by atoms with E-state index in [1.165, 1.54) is 0 Å². The van der Waals surface area contributed by atoms with Crippen LogP contribution in [0.25, 0.3) is 5.65 Å². The van der Waals surface area contributed by atoms with Gasteiger partial charge in [0.05, 0.1) is 5.69 Å². The van der Waals surface area contributed by atoms with E-state index in [9.17, 15) is 4.21 Å². The number of aryl methyl sites for hydroxylation is 2. The maximum absolute atomic E-state index is 11.4. The van der Waals surface area contributed by atoms with Crippen molar-refractivity contribution in [1.29, 1.82) is 0 Å². The van der Waals surface area contributed by atoms with Gasteiger partial charge in [0.2, 0.25) is 0 Å². The van der Waals surface area contributed by atoms with Gasteiger partial charge in [-0.1, -0.05) is 6.92 Å². The lowest BCUT2D eigenvalue weighted by Gasteiger charge is -2.17. The molecule has 2 heterocycles. The summed E-state index contributed by atoms with van der Waals surface area (Å²) in [6.45, 7) is 9.03. The molecule has 2 aromatic rings. The fourth-order valence-corrected chi connectivity index (χ4v) is 2.83. The number of nitrogens with zero attached hydrogens (tertiary/aromatic N) is 3. The average Bonchev–Trinajstić information content (AvgIpc) is 2.80. The molecular formula is C15H24N4OS. The smallest absolute Gasteiger partial charge is 0.155 e. The van der Waals surface area contributed by atoms with Gasteiger partial charge < -0.3 is 5.32 Å². The average molecular weight is 308 g/mol. The van der Waals surface area contributed by atoms with E-state index in [4.69, 9.17) is 0 Å². The van der Waals surface area contributed by atoms with Gasteiger partial charge in [0.15, 0.2) is 5.65 Å². The molecule has 3 unspecified atom stereocenters. The summed E-state index contributed by atoms with van der Waals surface area (Å²) in [7, 11) is -0.756. The van der Waals surface area contributed by atoms with Gasteiger partial charge in [0.25, 0.3) is 0 Å². The van der Waals surface area contributed by atoms with Crippen LogP contribution in [0.1, 0.15) is 43.3 Å². The maximum Gasteiger partial charge on any atom is 0.155 e. The van der Waals surface area contributed by atoms with Gasteiger partial charge in [-0.15, -0.1) is 0 Å². The molecule has 0 saturated heterocycles. The highest BCUT2D eigenvalue weighted by molar-refractivity contribution is 7.84. The molecule has 1 N–H and O–H groups in total. The molecule has 6 heteroatoms. The van der Waals surface area contributed by atoms with Crippen LogP contribution in [0, 0.1) is 13.8 Å². The first-order chi connectivity index (χ1) is 9.90. The summed E-state index contributed by atoms with van der Waals surface area (Å²) in [5, 5.41) is 8.18. The van der Waals surface area contributed by atoms with E-state index in [2.05, 4.69) is 29.2 Å². The molecule has 5 nitrogen and oxygen atoms in total. The number of fused-ring (bicyclic) bond motifs is 1. The Balaban J connectivity index is 2.07. The van der Waals surface area contributed by atoms with E-state index in [1.54, 1.807) is 6.26 Å². The lowest BCUT2D eigenvalue weighted by molar-refractivity contribution is 0.546. The van der Waals surface area contributed by atoms with Crippen molar-refractivity contribution in [3.05, 3.63) is 29.2 Å². The topological polar surface area (TPSA) is 59.3 Å². The van der Waals surface area contributed by atoms with Crippen LogP contribution in [-0.2, 0) is 10.8 Å². The minimum absolute atomic E-state index is 0.198. The number of nitrogens with one attached hydrogen (secondary N) is 1. The predicted molar refractivity (Wildman–Crippen MR) is 87.0 cm³/mol. The first-order valence-electron chi connectivity index (χ1n) is 7.27. The zero-order valence-electron chi connectivity index (χ0n) is 13.4. The van der Waals surface area contributed by atoms with E-state index in [0.29, 0.717) is 0 Å². The van der Waals surface area contributed by atoms with Crippen LogP contribution in [0.3, 0.4) is 0 Å². The van der Waals surface area contributed by atoms with Crippen LogP contribution in [-0.4, -0.2) is 36.9 Å². The summed E-state index contributed by atoms with van der Waals surface area (Å²) in [4.78, 5) is 4.47. The van der Waals surface area contributed by atoms with Gasteiger partial charge in [-0.3, -0.25) is 4.21 Å². The van der Waals surface area contributed by atoms with Crippen molar-refractivity contribution >= 4 is 16.4 Å². The van der Waals surface area contributed by atoms with E-state index in [0.717, 1.165) is 35.6 Å². The van der Waals surface area contributed by atoms with Crippen LogP contribution in [0.4, 0.5) is 0 Å². The Kier molecular flexibility index (Phi) is 5.11. The Morgan fingerprint density at radius 2 is 2.10 bits per heavy atom. The maximum atomic E-state index is 11.4. The third-order valence-electron chi connectivity index (χ3n) is 3.92. The van der Waals surface area contributed by atoms with Gasteiger partial charge in [0, 0.05) is 51.9 Å². The Bertz CT molecular complexity index is 652. The largest absolute Gasteiger partial charge is 0.310 e. The molecule has 0 aromatic carbocycles. The zero-order chi connectivity index (χ0) is 15.6. The fourth-order valence-electron chi connectivity index (χ4n) is 2.38. The molecule has 0 saturated carbocycles. The lowest BCUT2D eigenvalue weighted by Crippen LogP contribution is -2.25. The summed E-state index contributed by atoms with van der Waals surface area (Å²) in [6, 6.07) is 2.18. The third kappa shape index (κ3) is 3.68. The van der Waals surface area contributed by atoms with Gasteiger partial charge in [-0.05, 0) is 33.7 Å².